The molecule has 1 unspecified atom stereocenters. The molecule has 1 aromatic carbocycles. The van der Waals surface area contributed by atoms with Gasteiger partial charge >= 0.3 is 5.69 Å². The van der Waals surface area contributed by atoms with E-state index in [0.29, 0.717) is 31.8 Å². The number of nitro groups is 1. The van der Waals surface area contributed by atoms with Crippen molar-refractivity contribution >= 4 is 11.6 Å². The topological polar surface area (TPSA) is 81.5 Å². The SMILES string of the molecule is O=C(NC1CCOC1)c1cc(F)c([N+](=O)[O-])cc1F. The minimum atomic E-state index is -1.25. The molecule has 6 nitrogen and oxygen atoms in total. The first-order chi connectivity index (χ1) is 8.99. The lowest BCUT2D eigenvalue weighted by atomic mass is 10.1. The Morgan fingerprint density at radius 1 is 1.42 bits per heavy atom. The monoisotopic (exact) mass is 272 g/mol. The second kappa shape index (κ2) is 5.27. The summed E-state index contributed by atoms with van der Waals surface area (Å²) in [5, 5.41) is 12.9. The highest BCUT2D eigenvalue weighted by Gasteiger charge is 2.24. The average Bonchev–Trinajstić information content (AvgIpc) is 2.83. The quantitative estimate of drug-likeness (QED) is 0.666. The van der Waals surface area contributed by atoms with Gasteiger partial charge in [0.2, 0.25) is 5.82 Å². The van der Waals surface area contributed by atoms with Crippen molar-refractivity contribution in [2.75, 3.05) is 13.2 Å². The first-order valence-electron chi connectivity index (χ1n) is 5.51. The minimum absolute atomic E-state index is 0.259. The zero-order valence-corrected chi connectivity index (χ0v) is 9.69. The number of carbonyl (C=O) groups excluding carboxylic acids is 1. The van der Waals surface area contributed by atoms with E-state index in [4.69, 9.17) is 4.74 Å². The first kappa shape index (κ1) is 13.3. The Kier molecular flexibility index (Phi) is 3.70. The number of halogens is 2. The minimum Gasteiger partial charge on any atom is -0.379 e. The third-order valence-corrected chi connectivity index (χ3v) is 2.74. The largest absolute Gasteiger partial charge is 0.379 e. The first-order valence-corrected chi connectivity index (χ1v) is 5.51. The predicted molar refractivity (Wildman–Crippen MR) is 59.7 cm³/mol. The summed E-state index contributed by atoms with van der Waals surface area (Å²) in [6, 6.07) is 0.665. The standard InChI is InChI=1S/C11H10F2N2O4/c12-8-4-10(15(17)18)9(13)3-7(8)11(16)14-6-1-2-19-5-6/h3-4,6H,1-2,5H2,(H,14,16). The Bertz CT molecular complexity index is 530. The number of carbonyl (C=O) groups is 1. The molecule has 1 atom stereocenters. The maximum Gasteiger partial charge on any atom is 0.307 e. The van der Waals surface area contributed by atoms with Gasteiger partial charge in [-0.1, -0.05) is 0 Å². The van der Waals surface area contributed by atoms with Gasteiger partial charge < -0.3 is 10.1 Å². The van der Waals surface area contributed by atoms with E-state index in [1.165, 1.54) is 0 Å². The number of nitro benzene ring substituents is 1. The highest BCUT2D eigenvalue weighted by Crippen LogP contribution is 2.21. The molecule has 19 heavy (non-hydrogen) atoms. The second-order valence-corrected chi connectivity index (χ2v) is 4.07. The number of benzene rings is 1. The van der Waals surface area contributed by atoms with Gasteiger partial charge in [0.15, 0.2) is 0 Å². The van der Waals surface area contributed by atoms with Crippen molar-refractivity contribution in [3.05, 3.63) is 39.4 Å². The lowest BCUT2D eigenvalue weighted by Gasteiger charge is -2.11. The van der Waals surface area contributed by atoms with Gasteiger partial charge in [-0.05, 0) is 12.5 Å². The molecule has 1 aliphatic rings. The van der Waals surface area contributed by atoms with Crippen LogP contribution in [0.25, 0.3) is 0 Å². The molecule has 0 spiro atoms. The molecule has 2 rings (SSSR count). The Hall–Kier alpha value is -2.09. The normalized spacial score (nSPS) is 18.3. The van der Waals surface area contributed by atoms with Crippen LogP contribution in [0.5, 0.6) is 0 Å². The summed E-state index contributed by atoms with van der Waals surface area (Å²) in [4.78, 5) is 21.1. The van der Waals surface area contributed by atoms with E-state index in [1.807, 2.05) is 0 Å². The van der Waals surface area contributed by atoms with E-state index >= 15 is 0 Å². The van der Waals surface area contributed by atoms with Crippen molar-refractivity contribution in [3.8, 4) is 0 Å². The average molecular weight is 272 g/mol. The fraction of sp³-hybridized carbons (Fsp3) is 0.364. The second-order valence-electron chi connectivity index (χ2n) is 4.07. The van der Waals surface area contributed by atoms with Gasteiger partial charge in [0.25, 0.3) is 5.91 Å². The van der Waals surface area contributed by atoms with Crippen molar-refractivity contribution in [1.82, 2.24) is 5.32 Å². The number of amides is 1. The van der Waals surface area contributed by atoms with E-state index in [9.17, 15) is 23.7 Å². The molecule has 1 saturated heterocycles. The van der Waals surface area contributed by atoms with Crippen LogP contribution in [0.15, 0.2) is 12.1 Å². The maximum atomic E-state index is 13.6. The third kappa shape index (κ3) is 2.84. The van der Waals surface area contributed by atoms with Crippen LogP contribution in [-0.2, 0) is 4.74 Å². The van der Waals surface area contributed by atoms with Crippen molar-refractivity contribution in [2.45, 2.75) is 12.5 Å². The number of rotatable bonds is 3. The van der Waals surface area contributed by atoms with Crippen LogP contribution in [0, 0.1) is 21.7 Å². The molecule has 1 N–H and O–H groups in total. The molecule has 1 fully saturated rings. The zero-order valence-electron chi connectivity index (χ0n) is 9.69. The molecular formula is C11H10F2N2O4. The van der Waals surface area contributed by atoms with Crippen LogP contribution in [-0.4, -0.2) is 30.1 Å². The van der Waals surface area contributed by atoms with E-state index in [-0.39, 0.29) is 6.04 Å². The van der Waals surface area contributed by atoms with Crippen LogP contribution in [0.4, 0.5) is 14.5 Å². The molecule has 102 valence electrons. The molecule has 0 aliphatic carbocycles. The van der Waals surface area contributed by atoms with Gasteiger partial charge in [-0.15, -0.1) is 0 Å². The summed E-state index contributed by atoms with van der Waals surface area (Å²) in [5.41, 5.74) is -1.56. The predicted octanol–water partition coefficient (Wildman–Crippen LogP) is 1.39. The number of nitrogens with one attached hydrogen (secondary N) is 1. The van der Waals surface area contributed by atoms with E-state index in [0.717, 1.165) is 0 Å². The lowest BCUT2D eigenvalue weighted by molar-refractivity contribution is -0.387. The van der Waals surface area contributed by atoms with Gasteiger partial charge in [0.05, 0.1) is 29.2 Å². The van der Waals surface area contributed by atoms with Gasteiger partial charge in [-0.2, -0.15) is 4.39 Å². The maximum absolute atomic E-state index is 13.6. The van der Waals surface area contributed by atoms with E-state index in [2.05, 4.69) is 5.32 Å². The number of hydrogen-bond acceptors (Lipinski definition) is 4. The molecule has 1 aromatic rings. The van der Waals surface area contributed by atoms with Crippen molar-refractivity contribution in [1.29, 1.82) is 0 Å². The number of nitrogens with zero attached hydrogens (tertiary/aromatic N) is 1. The van der Waals surface area contributed by atoms with Gasteiger partial charge in [0, 0.05) is 6.61 Å². The number of hydrogen-bond donors (Lipinski definition) is 1. The summed E-state index contributed by atoms with van der Waals surface area (Å²) in [5.74, 6) is -3.20. The zero-order chi connectivity index (χ0) is 14.0. The molecular weight excluding hydrogens is 262 g/mol. The van der Waals surface area contributed by atoms with Crippen LogP contribution in [0.2, 0.25) is 0 Å². The Morgan fingerprint density at radius 3 is 2.74 bits per heavy atom. The van der Waals surface area contributed by atoms with Gasteiger partial charge in [-0.25, -0.2) is 4.39 Å². The fourth-order valence-electron chi connectivity index (χ4n) is 1.76. The molecule has 0 aromatic heterocycles. The molecule has 0 bridgehead atoms. The molecule has 1 amide bonds. The lowest BCUT2D eigenvalue weighted by Crippen LogP contribution is -2.35. The summed E-state index contributed by atoms with van der Waals surface area (Å²) in [6.07, 6.45) is 0.586. The van der Waals surface area contributed by atoms with Crippen LogP contribution >= 0.6 is 0 Å². The molecule has 0 saturated carbocycles. The van der Waals surface area contributed by atoms with Crippen molar-refractivity contribution < 1.29 is 23.2 Å². The van der Waals surface area contributed by atoms with Crippen molar-refractivity contribution in [3.63, 3.8) is 0 Å². The smallest absolute Gasteiger partial charge is 0.307 e. The van der Waals surface area contributed by atoms with Crippen LogP contribution in [0.3, 0.4) is 0 Å². The van der Waals surface area contributed by atoms with Crippen LogP contribution < -0.4 is 5.32 Å². The van der Waals surface area contributed by atoms with Crippen molar-refractivity contribution in [2.24, 2.45) is 0 Å². The Balaban J connectivity index is 2.22. The summed E-state index contributed by atoms with van der Waals surface area (Å²) in [6.45, 7) is 0.797. The molecule has 1 heterocycles. The van der Waals surface area contributed by atoms with E-state index in [1.54, 1.807) is 0 Å². The molecule has 0 radical (unpaired) electrons. The molecule has 8 heteroatoms. The van der Waals surface area contributed by atoms with Crippen LogP contribution in [0.1, 0.15) is 16.8 Å². The van der Waals surface area contributed by atoms with Gasteiger partial charge in [-0.3, -0.25) is 14.9 Å². The van der Waals surface area contributed by atoms with E-state index < -0.39 is 33.7 Å². The Labute approximate surface area is 106 Å². The summed E-state index contributed by atoms with van der Waals surface area (Å²) >= 11 is 0. The third-order valence-electron chi connectivity index (χ3n) is 2.74. The number of ether oxygens (including phenoxy) is 1. The Morgan fingerprint density at radius 2 is 2.16 bits per heavy atom. The van der Waals surface area contributed by atoms with Gasteiger partial charge in [0.1, 0.15) is 5.82 Å². The summed E-state index contributed by atoms with van der Waals surface area (Å²) < 4.78 is 31.9. The summed E-state index contributed by atoms with van der Waals surface area (Å²) in [7, 11) is 0. The fourth-order valence-corrected chi connectivity index (χ4v) is 1.76. The highest BCUT2D eigenvalue weighted by atomic mass is 19.1. The highest BCUT2D eigenvalue weighted by molar-refractivity contribution is 5.95. The molecule has 1 aliphatic heterocycles.